The lowest BCUT2D eigenvalue weighted by molar-refractivity contribution is -0.141. The molecule has 0 fully saturated rings. The summed E-state index contributed by atoms with van der Waals surface area (Å²) in [5, 5.41) is 11.4. The van der Waals surface area contributed by atoms with Crippen molar-refractivity contribution in [3.63, 3.8) is 0 Å². The normalized spacial score (nSPS) is 11.5. The Balaban J connectivity index is 2.56. The van der Waals surface area contributed by atoms with Crippen molar-refractivity contribution >= 4 is 12.0 Å². The fourth-order valence-corrected chi connectivity index (χ4v) is 1.32. The number of carboxylic acids is 1. The summed E-state index contributed by atoms with van der Waals surface area (Å²) < 4.78 is 4.97. The molecule has 19 heavy (non-hydrogen) atoms. The number of urea groups is 1. The minimum atomic E-state index is -1.05. The first-order valence-electron chi connectivity index (χ1n) is 5.68. The number of aliphatic carboxylic acids is 1. The van der Waals surface area contributed by atoms with E-state index in [4.69, 9.17) is 9.84 Å². The first kappa shape index (κ1) is 14.7. The molecule has 1 unspecified atom stereocenters. The largest absolute Gasteiger partial charge is 0.481 e. The molecule has 2 amide bonds. The van der Waals surface area contributed by atoms with Gasteiger partial charge in [-0.3, -0.25) is 0 Å². The van der Waals surface area contributed by atoms with Gasteiger partial charge in [-0.1, -0.05) is 0 Å². The molecule has 1 heterocycles. The molecule has 0 saturated carbocycles. The summed E-state index contributed by atoms with van der Waals surface area (Å²) in [6, 6.07) is 2.10. The van der Waals surface area contributed by atoms with Crippen LogP contribution in [0.25, 0.3) is 0 Å². The Kier molecular flexibility index (Phi) is 5.11. The number of aromatic nitrogens is 1. The van der Waals surface area contributed by atoms with Gasteiger partial charge in [0, 0.05) is 25.9 Å². The summed E-state index contributed by atoms with van der Waals surface area (Å²) in [5.41, 5.74) is 0.816. The molecule has 1 aromatic rings. The lowest BCUT2D eigenvalue weighted by atomic mass is 10.2. The maximum Gasteiger partial charge on any atom is 0.326 e. The minimum Gasteiger partial charge on any atom is -0.481 e. The number of rotatable bonds is 5. The molecule has 2 N–H and O–H groups in total. The fraction of sp³-hybridized carbons (Fsp3) is 0.417. The van der Waals surface area contributed by atoms with Crippen LogP contribution in [0.4, 0.5) is 4.79 Å². The molecule has 1 aromatic heterocycles. The van der Waals surface area contributed by atoms with Crippen LogP contribution in [0.3, 0.4) is 0 Å². The van der Waals surface area contributed by atoms with E-state index in [9.17, 15) is 9.59 Å². The van der Waals surface area contributed by atoms with Crippen LogP contribution in [-0.2, 0) is 11.3 Å². The molecular weight excluding hydrogens is 250 g/mol. The second-order valence-corrected chi connectivity index (χ2v) is 3.99. The van der Waals surface area contributed by atoms with Gasteiger partial charge < -0.3 is 20.1 Å². The average molecular weight is 267 g/mol. The van der Waals surface area contributed by atoms with Crippen molar-refractivity contribution < 1.29 is 19.4 Å². The third kappa shape index (κ3) is 4.13. The van der Waals surface area contributed by atoms with Crippen molar-refractivity contribution in [1.29, 1.82) is 0 Å². The Morgan fingerprint density at radius 2 is 2.26 bits per heavy atom. The smallest absolute Gasteiger partial charge is 0.326 e. The van der Waals surface area contributed by atoms with Crippen LogP contribution in [-0.4, -0.2) is 47.2 Å². The van der Waals surface area contributed by atoms with Gasteiger partial charge in [-0.05, 0) is 18.6 Å². The third-order valence-corrected chi connectivity index (χ3v) is 2.71. The molecular formula is C12H17N3O4. The second kappa shape index (κ2) is 6.58. The summed E-state index contributed by atoms with van der Waals surface area (Å²) in [6.07, 6.45) is 1.57. The quantitative estimate of drug-likeness (QED) is 0.819. The number of hydrogen-bond acceptors (Lipinski definition) is 4. The molecule has 0 saturated heterocycles. The molecule has 0 radical (unpaired) electrons. The second-order valence-electron chi connectivity index (χ2n) is 3.99. The summed E-state index contributed by atoms with van der Waals surface area (Å²) in [7, 11) is 2.94. The number of carbonyl (C=O) groups is 2. The predicted octanol–water partition coefficient (Wildman–Crippen LogP) is 0.705. The van der Waals surface area contributed by atoms with Crippen LogP contribution in [0.15, 0.2) is 18.3 Å². The number of pyridine rings is 1. The Morgan fingerprint density at radius 3 is 2.84 bits per heavy atom. The molecule has 0 spiro atoms. The summed E-state index contributed by atoms with van der Waals surface area (Å²) in [6.45, 7) is 1.71. The van der Waals surface area contributed by atoms with Gasteiger partial charge in [0.25, 0.3) is 0 Å². The van der Waals surface area contributed by atoms with E-state index in [0.717, 1.165) is 10.5 Å². The first-order chi connectivity index (χ1) is 8.95. The molecule has 1 atom stereocenters. The zero-order valence-electron chi connectivity index (χ0n) is 11.1. The predicted molar refractivity (Wildman–Crippen MR) is 67.9 cm³/mol. The van der Waals surface area contributed by atoms with Gasteiger partial charge >= 0.3 is 12.0 Å². The Hall–Kier alpha value is -2.31. The number of amides is 2. The van der Waals surface area contributed by atoms with E-state index in [1.54, 1.807) is 18.3 Å². The van der Waals surface area contributed by atoms with Gasteiger partial charge in [0.15, 0.2) is 0 Å². The van der Waals surface area contributed by atoms with Crippen LogP contribution in [0, 0.1) is 0 Å². The SMILES string of the molecule is COc1cc(CNC(=O)N(C)C(C)C(=O)O)ccn1. The summed E-state index contributed by atoms with van der Waals surface area (Å²) in [4.78, 5) is 27.6. The standard InChI is InChI=1S/C12H17N3O4/c1-8(11(16)17)15(2)12(18)14-7-9-4-5-13-10(6-9)19-3/h4-6,8H,7H2,1-3H3,(H,14,18)(H,16,17). The highest BCUT2D eigenvalue weighted by Crippen LogP contribution is 2.08. The highest BCUT2D eigenvalue weighted by Gasteiger charge is 2.21. The Bertz CT molecular complexity index is 464. The van der Waals surface area contributed by atoms with Crippen molar-refractivity contribution in [3.05, 3.63) is 23.9 Å². The molecule has 0 aromatic carbocycles. The molecule has 7 heteroatoms. The summed E-state index contributed by atoms with van der Waals surface area (Å²) >= 11 is 0. The van der Waals surface area contributed by atoms with Crippen LogP contribution < -0.4 is 10.1 Å². The zero-order valence-corrected chi connectivity index (χ0v) is 11.1. The zero-order chi connectivity index (χ0) is 14.4. The van der Waals surface area contributed by atoms with Gasteiger partial charge in [0.2, 0.25) is 5.88 Å². The van der Waals surface area contributed by atoms with E-state index >= 15 is 0 Å². The third-order valence-electron chi connectivity index (χ3n) is 2.71. The first-order valence-corrected chi connectivity index (χ1v) is 5.68. The molecule has 0 bridgehead atoms. The van der Waals surface area contributed by atoms with Crippen LogP contribution >= 0.6 is 0 Å². The maximum absolute atomic E-state index is 11.7. The number of likely N-dealkylation sites (N-methyl/N-ethyl adjacent to an activating group) is 1. The molecule has 1 rings (SSSR count). The number of carboxylic acid groups (broad SMARTS) is 1. The minimum absolute atomic E-state index is 0.272. The van der Waals surface area contributed by atoms with Crippen LogP contribution in [0.2, 0.25) is 0 Å². The number of nitrogens with one attached hydrogen (secondary N) is 1. The van der Waals surface area contributed by atoms with Crippen LogP contribution in [0.5, 0.6) is 5.88 Å². The van der Waals surface area contributed by atoms with E-state index in [1.807, 2.05) is 0 Å². The lowest BCUT2D eigenvalue weighted by Gasteiger charge is -2.21. The molecule has 104 valence electrons. The summed E-state index contributed by atoms with van der Waals surface area (Å²) in [5.74, 6) is -0.595. The number of methoxy groups -OCH3 is 1. The monoisotopic (exact) mass is 267 g/mol. The number of carbonyl (C=O) groups excluding carboxylic acids is 1. The van der Waals surface area contributed by atoms with Gasteiger partial charge in [0.05, 0.1) is 7.11 Å². The van der Waals surface area contributed by atoms with E-state index in [1.165, 1.54) is 21.1 Å². The van der Waals surface area contributed by atoms with Crippen molar-refractivity contribution in [2.24, 2.45) is 0 Å². The van der Waals surface area contributed by atoms with Gasteiger partial charge in [-0.2, -0.15) is 0 Å². The molecule has 0 aliphatic carbocycles. The molecule has 0 aliphatic heterocycles. The van der Waals surface area contributed by atoms with Crippen molar-refractivity contribution in [1.82, 2.24) is 15.2 Å². The molecule has 0 aliphatic rings. The van der Waals surface area contributed by atoms with Gasteiger partial charge in [-0.25, -0.2) is 14.6 Å². The van der Waals surface area contributed by atoms with Crippen LogP contribution in [0.1, 0.15) is 12.5 Å². The number of hydrogen-bond donors (Lipinski definition) is 2. The number of nitrogens with zero attached hydrogens (tertiary/aromatic N) is 2. The van der Waals surface area contributed by atoms with E-state index in [-0.39, 0.29) is 6.54 Å². The fourth-order valence-electron chi connectivity index (χ4n) is 1.32. The Labute approximate surface area is 111 Å². The topological polar surface area (TPSA) is 91.8 Å². The van der Waals surface area contributed by atoms with E-state index < -0.39 is 18.0 Å². The van der Waals surface area contributed by atoms with Crippen molar-refractivity contribution in [3.8, 4) is 5.88 Å². The highest BCUT2D eigenvalue weighted by atomic mass is 16.5. The van der Waals surface area contributed by atoms with Crippen molar-refractivity contribution in [2.75, 3.05) is 14.2 Å². The average Bonchev–Trinajstić information content (AvgIpc) is 2.43. The Morgan fingerprint density at radius 1 is 1.58 bits per heavy atom. The molecule has 7 nitrogen and oxygen atoms in total. The van der Waals surface area contributed by atoms with Gasteiger partial charge in [-0.15, -0.1) is 0 Å². The maximum atomic E-state index is 11.7. The van der Waals surface area contributed by atoms with E-state index in [0.29, 0.717) is 5.88 Å². The lowest BCUT2D eigenvalue weighted by Crippen LogP contribution is -2.45. The van der Waals surface area contributed by atoms with Crippen molar-refractivity contribution in [2.45, 2.75) is 19.5 Å². The van der Waals surface area contributed by atoms with E-state index in [2.05, 4.69) is 10.3 Å². The highest BCUT2D eigenvalue weighted by molar-refractivity contribution is 5.82. The number of ether oxygens (including phenoxy) is 1. The van der Waals surface area contributed by atoms with Gasteiger partial charge in [0.1, 0.15) is 6.04 Å².